The van der Waals surface area contributed by atoms with E-state index < -0.39 is 26.8 Å². The SMILES string of the molecule is CCOc1cc(C#N)ccc1OS(=O)(=O)c1ccc(C(F)(F)F)cc1. The third-order valence-corrected chi connectivity index (χ3v) is 4.29. The Morgan fingerprint density at radius 2 is 1.72 bits per heavy atom. The summed E-state index contributed by atoms with van der Waals surface area (Å²) in [5.74, 6) is -0.127. The molecular formula is C16H12F3NO4S. The minimum absolute atomic E-state index is 0.0389. The summed E-state index contributed by atoms with van der Waals surface area (Å²) in [5.41, 5.74) is -0.734. The molecule has 132 valence electrons. The molecule has 0 spiro atoms. The maximum absolute atomic E-state index is 12.5. The molecule has 0 aliphatic heterocycles. The molecule has 25 heavy (non-hydrogen) atoms. The number of alkyl halides is 3. The number of hydrogen-bond acceptors (Lipinski definition) is 5. The Morgan fingerprint density at radius 3 is 2.24 bits per heavy atom. The summed E-state index contributed by atoms with van der Waals surface area (Å²) in [4.78, 5) is -0.438. The number of rotatable bonds is 5. The van der Waals surface area contributed by atoms with Crippen molar-refractivity contribution in [3.8, 4) is 17.6 Å². The lowest BCUT2D eigenvalue weighted by Crippen LogP contribution is -2.12. The van der Waals surface area contributed by atoms with Crippen LogP contribution in [0.4, 0.5) is 13.2 Å². The first-order valence-corrected chi connectivity index (χ1v) is 8.37. The van der Waals surface area contributed by atoms with Gasteiger partial charge in [-0.15, -0.1) is 0 Å². The largest absolute Gasteiger partial charge is 0.490 e. The zero-order valence-electron chi connectivity index (χ0n) is 12.9. The molecule has 0 radical (unpaired) electrons. The monoisotopic (exact) mass is 371 g/mol. The van der Waals surface area contributed by atoms with E-state index in [1.165, 1.54) is 18.2 Å². The molecule has 0 fully saturated rings. The van der Waals surface area contributed by atoms with E-state index in [-0.39, 0.29) is 23.7 Å². The van der Waals surface area contributed by atoms with Crippen LogP contribution in [0.1, 0.15) is 18.1 Å². The lowest BCUT2D eigenvalue weighted by Gasteiger charge is -2.12. The van der Waals surface area contributed by atoms with Gasteiger partial charge in [0.25, 0.3) is 0 Å². The molecule has 2 rings (SSSR count). The third-order valence-electron chi connectivity index (χ3n) is 3.04. The zero-order chi connectivity index (χ0) is 18.7. The normalized spacial score (nSPS) is 11.6. The number of benzene rings is 2. The first-order valence-electron chi connectivity index (χ1n) is 6.96. The van der Waals surface area contributed by atoms with E-state index in [2.05, 4.69) is 0 Å². The predicted octanol–water partition coefficient (Wildman–Crippen LogP) is 3.74. The Hall–Kier alpha value is -2.73. The van der Waals surface area contributed by atoms with Crippen LogP contribution in [0.25, 0.3) is 0 Å². The summed E-state index contributed by atoms with van der Waals surface area (Å²) < 4.78 is 72.3. The molecule has 0 heterocycles. The number of nitrogens with zero attached hydrogens (tertiary/aromatic N) is 1. The minimum atomic E-state index is -4.57. The Morgan fingerprint density at radius 1 is 1.08 bits per heavy atom. The van der Waals surface area contributed by atoms with Crippen LogP contribution in [0.3, 0.4) is 0 Å². The lowest BCUT2D eigenvalue weighted by atomic mass is 10.2. The fraction of sp³-hybridized carbons (Fsp3) is 0.188. The second-order valence-corrected chi connectivity index (χ2v) is 6.31. The van der Waals surface area contributed by atoms with Crippen molar-refractivity contribution < 1.29 is 30.5 Å². The van der Waals surface area contributed by atoms with E-state index in [4.69, 9.17) is 14.2 Å². The molecular weight excluding hydrogens is 359 g/mol. The topological polar surface area (TPSA) is 76.4 Å². The number of ether oxygens (including phenoxy) is 1. The molecule has 0 aliphatic carbocycles. The summed E-state index contributed by atoms with van der Waals surface area (Å²) in [5, 5.41) is 8.87. The highest BCUT2D eigenvalue weighted by molar-refractivity contribution is 7.87. The summed E-state index contributed by atoms with van der Waals surface area (Å²) in [7, 11) is -4.37. The van der Waals surface area contributed by atoms with Gasteiger partial charge in [-0.1, -0.05) is 0 Å². The van der Waals surface area contributed by atoms with Crippen LogP contribution in [0.5, 0.6) is 11.5 Å². The molecule has 0 aromatic heterocycles. The van der Waals surface area contributed by atoms with Crippen molar-refractivity contribution in [2.45, 2.75) is 18.0 Å². The molecule has 0 bridgehead atoms. The van der Waals surface area contributed by atoms with Crippen molar-refractivity contribution in [2.24, 2.45) is 0 Å². The highest BCUT2D eigenvalue weighted by atomic mass is 32.2. The molecule has 9 heteroatoms. The maximum Gasteiger partial charge on any atom is 0.416 e. The molecule has 0 aliphatic rings. The fourth-order valence-corrected chi connectivity index (χ4v) is 2.83. The third kappa shape index (κ3) is 4.42. The van der Waals surface area contributed by atoms with Gasteiger partial charge in [0.2, 0.25) is 0 Å². The number of nitriles is 1. The standard InChI is InChI=1S/C16H12F3NO4S/c1-2-23-15-9-11(10-20)3-8-14(15)24-25(21,22)13-6-4-12(5-7-13)16(17,18)19/h3-9H,2H2,1H3. The number of halogens is 3. The smallest absolute Gasteiger partial charge is 0.416 e. The molecule has 0 amide bonds. The van der Waals surface area contributed by atoms with E-state index in [1.807, 2.05) is 6.07 Å². The van der Waals surface area contributed by atoms with E-state index in [0.29, 0.717) is 12.1 Å². The van der Waals surface area contributed by atoms with Crippen LogP contribution in [0.15, 0.2) is 47.4 Å². The van der Waals surface area contributed by atoms with Crippen molar-refractivity contribution in [1.82, 2.24) is 0 Å². The van der Waals surface area contributed by atoms with E-state index in [9.17, 15) is 21.6 Å². The van der Waals surface area contributed by atoms with Gasteiger partial charge in [-0.2, -0.15) is 26.9 Å². The van der Waals surface area contributed by atoms with Crippen LogP contribution in [0.2, 0.25) is 0 Å². The van der Waals surface area contributed by atoms with Crippen LogP contribution >= 0.6 is 0 Å². The van der Waals surface area contributed by atoms with Gasteiger partial charge in [0.15, 0.2) is 11.5 Å². The van der Waals surface area contributed by atoms with E-state index in [1.54, 1.807) is 6.92 Å². The Bertz CT molecular complexity index is 900. The van der Waals surface area contributed by atoms with Gasteiger partial charge in [-0.25, -0.2) is 0 Å². The lowest BCUT2D eigenvalue weighted by molar-refractivity contribution is -0.137. The quantitative estimate of drug-likeness (QED) is 0.749. The van der Waals surface area contributed by atoms with Gasteiger partial charge in [-0.3, -0.25) is 0 Å². The summed E-state index contributed by atoms with van der Waals surface area (Å²) in [6.07, 6.45) is -4.57. The second-order valence-electron chi connectivity index (χ2n) is 4.77. The second kappa shape index (κ2) is 7.03. The molecule has 0 saturated carbocycles. The average molecular weight is 371 g/mol. The van der Waals surface area contributed by atoms with Crippen LogP contribution in [0, 0.1) is 11.3 Å². The predicted molar refractivity (Wildman–Crippen MR) is 81.6 cm³/mol. The molecule has 0 atom stereocenters. The maximum atomic E-state index is 12.5. The summed E-state index contributed by atoms with van der Waals surface area (Å²) >= 11 is 0. The molecule has 0 saturated heterocycles. The van der Waals surface area contributed by atoms with Crippen molar-refractivity contribution in [1.29, 1.82) is 5.26 Å². The van der Waals surface area contributed by atoms with Crippen LogP contribution < -0.4 is 8.92 Å². The molecule has 2 aromatic rings. The first-order chi connectivity index (χ1) is 11.7. The van der Waals surface area contributed by atoms with Crippen molar-refractivity contribution in [3.63, 3.8) is 0 Å². The Kier molecular flexibility index (Phi) is 5.23. The molecule has 0 unspecified atom stereocenters. The highest BCUT2D eigenvalue weighted by Gasteiger charge is 2.31. The average Bonchev–Trinajstić information content (AvgIpc) is 2.56. The van der Waals surface area contributed by atoms with Gasteiger partial charge in [0.05, 0.1) is 23.8 Å². The van der Waals surface area contributed by atoms with Crippen molar-refractivity contribution in [2.75, 3.05) is 6.61 Å². The van der Waals surface area contributed by atoms with Gasteiger partial charge >= 0.3 is 16.3 Å². The van der Waals surface area contributed by atoms with Crippen LogP contribution in [-0.4, -0.2) is 15.0 Å². The molecule has 0 N–H and O–H groups in total. The van der Waals surface area contributed by atoms with Gasteiger partial charge in [-0.05, 0) is 43.3 Å². The Balaban J connectivity index is 2.34. The van der Waals surface area contributed by atoms with Crippen LogP contribution in [-0.2, 0) is 16.3 Å². The van der Waals surface area contributed by atoms with Gasteiger partial charge < -0.3 is 8.92 Å². The minimum Gasteiger partial charge on any atom is -0.490 e. The number of hydrogen-bond donors (Lipinski definition) is 0. The van der Waals surface area contributed by atoms with E-state index in [0.717, 1.165) is 12.1 Å². The summed E-state index contributed by atoms with van der Waals surface area (Å²) in [6, 6.07) is 8.68. The van der Waals surface area contributed by atoms with E-state index >= 15 is 0 Å². The first kappa shape index (κ1) is 18.6. The summed E-state index contributed by atoms with van der Waals surface area (Å²) in [6.45, 7) is 1.86. The van der Waals surface area contributed by atoms with Crippen molar-refractivity contribution >= 4 is 10.1 Å². The highest BCUT2D eigenvalue weighted by Crippen LogP contribution is 2.33. The van der Waals surface area contributed by atoms with Gasteiger partial charge in [0.1, 0.15) is 4.90 Å². The molecule has 2 aromatic carbocycles. The Labute approximate surface area is 142 Å². The fourth-order valence-electron chi connectivity index (χ4n) is 1.89. The van der Waals surface area contributed by atoms with Gasteiger partial charge in [0, 0.05) is 6.07 Å². The molecule has 5 nitrogen and oxygen atoms in total. The van der Waals surface area contributed by atoms with Crippen molar-refractivity contribution in [3.05, 3.63) is 53.6 Å². The zero-order valence-corrected chi connectivity index (χ0v) is 13.7.